The molecule has 0 bridgehead atoms. The summed E-state index contributed by atoms with van der Waals surface area (Å²) >= 11 is 3.79. The van der Waals surface area contributed by atoms with Crippen molar-refractivity contribution in [1.82, 2.24) is 10.3 Å². The Kier molecular flexibility index (Phi) is 7.36. The third kappa shape index (κ3) is 4.83. The molecule has 2 aromatic carbocycles. The minimum absolute atomic E-state index is 0.0107. The molecule has 2 heterocycles. The van der Waals surface area contributed by atoms with Gasteiger partial charge in [0.2, 0.25) is 0 Å². The van der Waals surface area contributed by atoms with Crippen LogP contribution in [0.1, 0.15) is 47.2 Å². The Morgan fingerprint density at radius 1 is 1.21 bits per heavy atom. The van der Waals surface area contributed by atoms with Crippen molar-refractivity contribution >= 4 is 29.4 Å². The second kappa shape index (κ2) is 9.96. The maximum absolute atomic E-state index is 12.1. The molecule has 0 atom stereocenters. The number of amides is 1. The van der Waals surface area contributed by atoms with E-state index in [0.29, 0.717) is 11.5 Å². The first-order valence-corrected chi connectivity index (χ1v) is 10.7. The molecule has 1 aromatic heterocycles. The highest BCUT2D eigenvalue weighted by molar-refractivity contribution is 7.80. The van der Waals surface area contributed by atoms with E-state index in [2.05, 4.69) is 29.0 Å². The molecule has 4 rings (SSSR count). The predicted molar refractivity (Wildman–Crippen MR) is 123 cm³/mol. The lowest BCUT2D eigenvalue weighted by Crippen LogP contribution is -2.26. The molecule has 3 aromatic rings. The van der Waals surface area contributed by atoms with Crippen molar-refractivity contribution in [2.45, 2.75) is 32.3 Å². The summed E-state index contributed by atoms with van der Waals surface area (Å²) in [7, 11) is 0. The van der Waals surface area contributed by atoms with Gasteiger partial charge >= 0.3 is 0 Å². The number of carbonyl (C=O) groups excluding carboxylic acids is 1. The van der Waals surface area contributed by atoms with Crippen LogP contribution < -0.4 is 11.1 Å². The van der Waals surface area contributed by atoms with E-state index in [1.807, 2.05) is 43.5 Å². The number of carbonyl (C=O) groups is 1. The van der Waals surface area contributed by atoms with Gasteiger partial charge in [-0.1, -0.05) is 25.1 Å². The number of nitrogens with one attached hydrogen (secondary N) is 2. The number of aliphatic hydroxyl groups excluding tert-OH is 1. The van der Waals surface area contributed by atoms with Gasteiger partial charge in [-0.2, -0.15) is 12.6 Å². The first-order valence-electron chi connectivity index (χ1n) is 10.1. The van der Waals surface area contributed by atoms with Gasteiger partial charge in [-0.3, -0.25) is 4.79 Å². The third-order valence-corrected chi connectivity index (χ3v) is 5.31. The molecule has 1 fully saturated rings. The highest BCUT2D eigenvalue weighted by Gasteiger charge is 2.21. The zero-order valence-corrected chi connectivity index (χ0v) is 17.6. The lowest BCUT2D eigenvalue weighted by Gasteiger charge is -2.22. The van der Waals surface area contributed by atoms with Gasteiger partial charge < -0.3 is 21.1 Å². The minimum atomic E-state index is -0.436. The van der Waals surface area contributed by atoms with Gasteiger partial charge in [0.25, 0.3) is 5.91 Å². The SMILES string of the molecule is CCS.NC(=O)c1cc(-c2cccc(CO)c2)cc2c(C3CCNCC3)c[nH]c12. The summed E-state index contributed by atoms with van der Waals surface area (Å²) < 4.78 is 0. The number of aromatic nitrogens is 1. The van der Waals surface area contributed by atoms with Crippen molar-refractivity contribution in [3.63, 3.8) is 0 Å². The second-order valence-corrected chi connectivity index (χ2v) is 7.89. The Hall–Kier alpha value is -2.28. The number of aliphatic hydroxyl groups is 1. The van der Waals surface area contributed by atoms with Crippen LogP contribution in [0.15, 0.2) is 42.6 Å². The molecule has 0 unspecified atom stereocenters. The largest absolute Gasteiger partial charge is 0.392 e. The van der Waals surface area contributed by atoms with Crippen LogP contribution in [0.5, 0.6) is 0 Å². The van der Waals surface area contributed by atoms with Gasteiger partial charge in [-0.05, 0) is 78.1 Å². The fraction of sp³-hybridized carbons (Fsp3) is 0.348. The number of H-pyrrole nitrogens is 1. The Morgan fingerprint density at radius 3 is 2.59 bits per heavy atom. The second-order valence-electron chi connectivity index (χ2n) is 7.25. The zero-order chi connectivity index (χ0) is 20.8. The molecule has 1 amide bonds. The van der Waals surface area contributed by atoms with Crippen LogP contribution in [0.4, 0.5) is 0 Å². The number of hydrogen-bond acceptors (Lipinski definition) is 4. The fourth-order valence-electron chi connectivity index (χ4n) is 3.93. The third-order valence-electron chi connectivity index (χ3n) is 5.31. The minimum Gasteiger partial charge on any atom is -0.392 e. The van der Waals surface area contributed by atoms with E-state index in [-0.39, 0.29) is 6.61 Å². The maximum atomic E-state index is 12.1. The first-order chi connectivity index (χ1) is 14.1. The monoisotopic (exact) mass is 411 g/mol. The summed E-state index contributed by atoms with van der Waals surface area (Å²) in [5.74, 6) is 0.985. The number of primary amides is 1. The van der Waals surface area contributed by atoms with Gasteiger partial charge in [-0.15, -0.1) is 0 Å². The van der Waals surface area contributed by atoms with Gasteiger partial charge in [0.15, 0.2) is 0 Å². The molecule has 154 valence electrons. The van der Waals surface area contributed by atoms with Crippen molar-refractivity contribution in [1.29, 1.82) is 0 Å². The summed E-state index contributed by atoms with van der Waals surface area (Å²) in [6.07, 6.45) is 4.20. The Bertz CT molecular complexity index is 977. The number of rotatable bonds is 4. The summed E-state index contributed by atoms with van der Waals surface area (Å²) in [5.41, 5.74) is 11.0. The summed E-state index contributed by atoms with van der Waals surface area (Å²) in [6, 6.07) is 11.7. The zero-order valence-electron chi connectivity index (χ0n) is 16.7. The van der Waals surface area contributed by atoms with E-state index in [4.69, 9.17) is 5.73 Å². The van der Waals surface area contributed by atoms with Crippen LogP contribution in [0.2, 0.25) is 0 Å². The number of fused-ring (bicyclic) bond motifs is 1. The number of aromatic amines is 1. The van der Waals surface area contributed by atoms with Crippen LogP contribution in [0, 0.1) is 0 Å². The molecule has 5 nitrogen and oxygen atoms in total. The standard InChI is InChI=1S/C21H23N3O2.C2H6S/c22-21(26)18-10-16(15-3-1-2-13(8-15)12-25)9-17-19(11-24-20(17)18)14-4-6-23-7-5-14;1-2-3/h1-3,8-11,14,23-25H,4-7,12H2,(H2,22,26);3H,2H2,1H3. The van der Waals surface area contributed by atoms with Gasteiger partial charge in [0.05, 0.1) is 17.7 Å². The van der Waals surface area contributed by atoms with E-state index in [0.717, 1.165) is 59.3 Å². The normalized spacial score (nSPS) is 14.4. The Morgan fingerprint density at radius 2 is 1.93 bits per heavy atom. The first kappa shape index (κ1) is 21.4. The number of thiol groups is 1. The average Bonchev–Trinajstić information content (AvgIpc) is 3.18. The predicted octanol–water partition coefficient (Wildman–Crippen LogP) is 3.83. The summed E-state index contributed by atoms with van der Waals surface area (Å²) in [5, 5.41) is 13.9. The summed E-state index contributed by atoms with van der Waals surface area (Å²) in [4.78, 5) is 15.3. The van der Waals surface area contributed by atoms with Crippen LogP contribution in [0.3, 0.4) is 0 Å². The van der Waals surface area contributed by atoms with E-state index in [1.54, 1.807) is 0 Å². The highest BCUT2D eigenvalue weighted by atomic mass is 32.1. The smallest absolute Gasteiger partial charge is 0.250 e. The summed E-state index contributed by atoms with van der Waals surface area (Å²) in [6.45, 7) is 4.00. The number of hydrogen-bond donors (Lipinski definition) is 5. The molecule has 6 heteroatoms. The maximum Gasteiger partial charge on any atom is 0.250 e. The van der Waals surface area contributed by atoms with E-state index < -0.39 is 5.91 Å². The lowest BCUT2D eigenvalue weighted by molar-refractivity contribution is 0.100. The quantitative estimate of drug-likeness (QED) is 0.423. The molecule has 1 saturated heterocycles. The van der Waals surface area contributed by atoms with Crippen molar-refractivity contribution in [3.8, 4) is 11.1 Å². The molecule has 0 radical (unpaired) electrons. The highest BCUT2D eigenvalue weighted by Crippen LogP contribution is 2.35. The van der Waals surface area contributed by atoms with Crippen molar-refractivity contribution in [3.05, 3.63) is 59.3 Å². The van der Waals surface area contributed by atoms with Gasteiger partial charge in [-0.25, -0.2) is 0 Å². The molecule has 0 spiro atoms. The molecular formula is C23H29N3O2S. The van der Waals surface area contributed by atoms with Crippen LogP contribution in [0.25, 0.3) is 22.0 Å². The average molecular weight is 412 g/mol. The molecule has 1 aliphatic rings. The Labute approximate surface area is 177 Å². The Balaban J connectivity index is 0.000000755. The molecule has 0 aliphatic carbocycles. The lowest BCUT2D eigenvalue weighted by atomic mass is 9.88. The number of nitrogens with two attached hydrogens (primary N) is 1. The van der Waals surface area contributed by atoms with Crippen LogP contribution in [-0.2, 0) is 6.61 Å². The molecular weight excluding hydrogens is 382 g/mol. The molecule has 0 saturated carbocycles. The van der Waals surface area contributed by atoms with Gasteiger partial charge in [0, 0.05) is 11.6 Å². The van der Waals surface area contributed by atoms with Crippen molar-refractivity contribution < 1.29 is 9.90 Å². The van der Waals surface area contributed by atoms with E-state index in [1.165, 1.54) is 5.56 Å². The van der Waals surface area contributed by atoms with Crippen LogP contribution >= 0.6 is 12.6 Å². The van der Waals surface area contributed by atoms with E-state index >= 15 is 0 Å². The fourth-order valence-corrected chi connectivity index (χ4v) is 3.93. The molecule has 29 heavy (non-hydrogen) atoms. The number of benzene rings is 2. The van der Waals surface area contributed by atoms with E-state index in [9.17, 15) is 9.90 Å². The van der Waals surface area contributed by atoms with Crippen LogP contribution in [-0.4, -0.2) is 34.8 Å². The van der Waals surface area contributed by atoms with Crippen molar-refractivity contribution in [2.24, 2.45) is 5.73 Å². The van der Waals surface area contributed by atoms with Crippen molar-refractivity contribution in [2.75, 3.05) is 18.8 Å². The molecule has 5 N–H and O–H groups in total. The molecule has 1 aliphatic heterocycles. The number of piperidine rings is 1. The van der Waals surface area contributed by atoms with Gasteiger partial charge in [0.1, 0.15) is 0 Å². The topological polar surface area (TPSA) is 91.1 Å².